The number of fused-ring (bicyclic) bond motifs is 1. The Morgan fingerprint density at radius 2 is 2.31 bits per heavy atom. The average molecular weight is 439 g/mol. The Morgan fingerprint density at radius 1 is 1.55 bits per heavy atom. The summed E-state index contributed by atoms with van der Waals surface area (Å²) in [4.78, 5) is 46.8. The van der Waals surface area contributed by atoms with Crippen molar-refractivity contribution in [3.8, 4) is 11.8 Å². The van der Waals surface area contributed by atoms with Crippen LogP contribution >= 0.6 is 23.1 Å². The highest BCUT2D eigenvalue weighted by molar-refractivity contribution is 8.00. The summed E-state index contributed by atoms with van der Waals surface area (Å²) in [6.07, 6.45) is 0. The molecule has 2 unspecified atom stereocenters. The van der Waals surface area contributed by atoms with Gasteiger partial charge in [-0.05, 0) is 0 Å². The number of oxime groups is 1. The summed E-state index contributed by atoms with van der Waals surface area (Å²) < 4.78 is 0. The van der Waals surface area contributed by atoms with Crippen molar-refractivity contribution in [3.05, 3.63) is 11.1 Å². The lowest BCUT2D eigenvalue weighted by Gasteiger charge is -2.53. The van der Waals surface area contributed by atoms with Crippen LogP contribution in [0.15, 0.2) is 10.5 Å². The first-order valence-corrected chi connectivity index (χ1v) is 10.2. The van der Waals surface area contributed by atoms with E-state index in [1.165, 1.54) is 29.2 Å². The van der Waals surface area contributed by atoms with E-state index in [0.717, 1.165) is 11.3 Å². The number of aliphatic hydroxyl groups is 1. The molecule has 0 aromatic carbocycles. The molecule has 2 amide bonds. The van der Waals surface area contributed by atoms with Crippen LogP contribution in [0.1, 0.15) is 5.69 Å². The number of hydrogen-bond acceptors (Lipinski definition) is 10. The standard InChI is InChI=1S/C16H17N5O6S2/c1-27-20-9(8-6-29-16(17)18-8)12(23)19-10-13(24)21-11(15(25)26)7(3-2-4-22)5-28-14(10)21/h6-7,10-11,14,22H,4-5H2,1H3,(H2,17,18)(H,19,23)(H,25,26)/b20-9-/t7?,10-,11?,14-/m1/s1. The lowest BCUT2D eigenvalue weighted by atomic mass is 9.93. The summed E-state index contributed by atoms with van der Waals surface area (Å²) in [6.45, 7) is -0.397. The lowest BCUT2D eigenvalue weighted by Crippen LogP contribution is -2.76. The zero-order valence-electron chi connectivity index (χ0n) is 15.1. The smallest absolute Gasteiger partial charge is 0.327 e. The predicted octanol–water partition coefficient (Wildman–Crippen LogP) is -1.46. The number of amides is 2. The summed E-state index contributed by atoms with van der Waals surface area (Å²) in [5.41, 5.74) is 5.64. The number of thiazole rings is 1. The van der Waals surface area contributed by atoms with Gasteiger partial charge < -0.3 is 31.0 Å². The van der Waals surface area contributed by atoms with Crippen LogP contribution in [0.3, 0.4) is 0 Å². The van der Waals surface area contributed by atoms with E-state index in [4.69, 9.17) is 15.7 Å². The number of hydrogen-bond donors (Lipinski definition) is 4. The maximum absolute atomic E-state index is 12.6. The second-order valence-corrected chi connectivity index (χ2v) is 8.02. The van der Waals surface area contributed by atoms with Gasteiger partial charge >= 0.3 is 5.97 Å². The number of aliphatic carboxylic acids is 1. The topological polar surface area (TPSA) is 167 Å². The molecule has 2 aliphatic rings. The summed E-state index contributed by atoms with van der Waals surface area (Å²) in [5, 5.41) is 25.8. The number of nitrogen functional groups attached to an aromatic ring is 1. The van der Waals surface area contributed by atoms with Gasteiger partial charge in [-0.2, -0.15) is 0 Å². The first-order chi connectivity index (χ1) is 13.9. The molecule has 1 aromatic heterocycles. The third-order valence-electron chi connectivity index (χ3n) is 4.28. The molecular weight excluding hydrogens is 422 g/mol. The number of aliphatic hydroxyl groups excluding tert-OH is 1. The molecule has 4 atom stereocenters. The van der Waals surface area contributed by atoms with E-state index in [0.29, 0.717) is 5.75 Å². The van der Waals surface area contributed by atoms with Crippen molar-refractivity contribution < 1.29 is 29.4 Å². The van der Waals surface area contributed by atoms with Crippen molar-refractivity contribution >= 4 is 51.7 Å². The number of carbonyl (C=O) groups is 3. The van der Waals surface area contributed by atoms with E-state index >= 15 is 0 Å². The molecule has 0 aliphatic carbocycles. The third-order valence-corrected chi connectivity index (χ3v) is 6.34. The Balaban J connectivity index is 1.76. The summed E-state index contributed by atoms with van der Waals surface area (Å²) >= 11 is 2.43. The zero-order valence-corrected chi connectivity index (χ0v) is 16.7. The Hall–Kier alpha value is -2.82. The van der Waals surface area contributed by atoms with Crippen LogP contribution in [0.25, 0.3) is 0 Å². The van der Waals surface area contributed by atoms with Gasteiger partial charge in [0.2, 0.25) is 5.91 Å². The molecule has 0 radical (unpaired) electrons. The molecule has 2 saturated heterocycles. The number of rotatable bonds is 5. The van der Waals surface area contributed by atoms with Crippen molar-refractivity contribution in [1.82, 2.24) is 15.2 Å². The lowest BCUT2D eigenvalue weighted by molar-refractivity contribution is -0.163. The van der Waals surface area contributed by atoms with Crippen molar-refractivity contribution in [3.63, 3.8) is 0 Å². The van der Waals surface area contributed by atoms with Gasteiger partial charge in [-0.1, -0.05) is 17.0 Å². The number of β-lactam (4-membered cyclic amide) rings is 1. The van der Waals surface area contributed by atoms with Crippen molar-refractivity contribution in [1.29, 1.82) is 0 Å². The molecule has 154 valence electrons. The first kappa shape index (κ1) is 20.9. The summed E-state index contributed by atoms with van der Waals surface area (Å²) in [5.74, 6) is 2.44. The van der Waals surface area contributed by atoms with Gasteiger partial charge in [0.05, 0.1) is 5.92 Å². The van der Waals surface area contributed by atoms with E-state index < -0.39 is 47.8 Å². The van der Waals surface area contributed by atoms with Crippen LogP contribution in [-0.2, 0) is 19.2 Å². The molecular formula is C16H17N5O6S2. The van der Waals surface area contributed by atoms with Crippen LogP contribution in [-0.4, -0.2) is 80.5 Å². The molecule has 3 heterocycles. The van der Waals surface area contributed by atoms with Crippen molar-refractivity contribution in [2.45, 2.75) is 17.5 Å². The van der Waals surface area contributed by atoms with Crippen LogP contribution in [0.4, 0.5) is 5.13 Å². The molecule has 13 heteroatoms. The largest absolute Gasteiger partial charge is 0.480 e. The first-order valence-electron chi connectivity index (χ1n) is 8.28. The van der Waals surface area contributed by atoms with E-state index in [1.54, 1.807) is 0 Å². The van der Waals surface area contributed by atoms with E-state index in [1.807, 2.05) is 0 Å². The van der Waals surface area contributed by atoms with Gasteiger partial charge in [0, 0.05) is 11.1 Å². The fraction of sp³-hybridized carbons (Fsp3) is 0.438. The van der Waals surface area contributed by atoms with Crippen LogP contribution < -0.4 is 11.1 Å². The number of aromatic nitrogens is 1. The van der Waals surface area contributed by atoms with Gasteiger partial charge in [0.1, 0.15) is 36.9 Å². The van der Waals surface area contributed by atoms with Gasteiger partial charge in [0.15, 0.2) is 10.8 Å². The van der Waals surface area contributed by atoms with Gasteiger partial charge in [-0.15, -0.1) is 23.1 Å². The Labute approximate surface area is 173 Å². The highest BCUT2D eigenvalue weighted by atomic mass is 32.2. The molecule has 1 aromatic rings. The molecule has 2 aliphatic heterocycles. The molecule has 5 N–H and O–H groups in total. The van der Waals surface area contributed by atoms with Gasteiger partial charge in [-0.25, -0.2) is 9.78 Å². The van der Waals surface area contributed by atoms with Crippen molar-refractivity contribution in [2.24, 2.45) is 11.1 Å². The molecule has 0 saturated carbocycles. The maximum Gasteiger partial charge on any atom is 0.327 e. The Morgan fingerprint density at radius 3 is 2.90 bits per heavy atom. The summed E-state index contributed by atoms with van der Waals surface area (Å²) in [7, 11) is 1.27. The fourth-order valence-corrected chi connectivity index (χ4v) is 5.06. The molecule has 0 spiro atoms. The minimum absolute atomic E-state index is 0.144. The van der Waals surface area contributed by atoms with E-state index in [-0.39, 0.29) is 16.5 Å². The maximum atomic E-state index is 12.6. The minimum atomic E-state index is -1.19. The number of anilines is 1. The summed E-state index contributed by atoms with van der Waals surface area (Å²) in [6, 6.07) is -2.06. The predicted molar refractivity (Wildman–Crippen MR) is 105 cm³/mol. The second-order valence-electron chi connectivity index (χ2n) is 5.98. The number of carbonyl (C=O) groups excluding carboxylic acids is 2. The van der Waals surface area contributed by atoms with Gasteiger partial charge in [-0.3, -0.25) is 9.59 Å². The Kier molecular flexibility index (Phi) is 6.26. The number of carboxylic acids is 1. The second kappa shape index (κ2) is 8.68. The van der Waals surface area contributed by atoms with E-state index in [9.17, 15) is 19.5 Å². The highest BCUT2D eigenvalue weighted by Crippen LogP contribution is 2.40. The van der Waals surface area contributed by atoms with Crippen LogP contribution in [0.5, 0.6) is 0 Å². The number of nitrogens with one attached hydrogen (secondary N) is 1. The van der Waals surface area contributed by atoms with Crippen LogP contribution in [0, 0.1) is 17.8 Å². The fourth-order valence-electron chi connectivity index (χ4n) is 3.07. The molecule has 29 heavy (non-hydrogen) atoms. The normalized spacial score (nSPS) is 25.9. The van der Waals surface area contributed by atoms with Crippen LogP contribution in [0.2, 0.25) is 0 Å². The monoisotopic (exact) mass is 439 g/mol. The SMILES string of the molecule is CO/N=C(\C(=O)N[C@@H]1C(=O)N2C(C(=O)O)C(C#CCO)CS[C@H]12)c1csc(N)n1. The quantitative estimate of drug-likeness (QED) is 0.185. The highest BCUT2D eigenvalue weighted by Gasteiger charge is 2.57. The minimum Gasteiger partial charge on any atom is -0.480 e. The van der Waals surface area contributed by atoms with Gasteiger partial charge in [0.25, 0.3) is 5.91 Å². The van der Waals surface area contributed by atoms with E-state index in [2.05, 4.69) is 27.3 Å². The third kappa shape index (κ3) is 4.00. The molecule has 2 fully saturated rings. The molecule has 11 nitrogen and oxygen atoms in total. The number of thioether (sulfide) groups is 1. The number of nitrogens with zero attached hydrogens (tertiary/aromatic N) is 3. The zero-order chi connectivity index (χ0) is 21.1. The molecule has 0 bridgehead atoms. The molecule has 3 rings (SSSR count). The number of carboxylic acid groups (broad SMARTS) is 1. The number of nitrogens with two attached hydrogens (primary N) is 1. The average Bonchev–Trinajstić information content (AvgIpc) is 3.13. The Bertz CT molecular complexity index is 922. The van der Waals surface area contributed by atoms with Crippen molar-refractivity contribution in [2.75, 3.05) is 25.2 Å².